The molecule has 2 N–H and O–H groups in total. The van der Waals surface area contributed by atoms with E-state index in [1.165, 1.54) is 12.1 Å². The van der Waals surface area contributed by atoms with Gasteiger partial charge in [0.05, 0.1) is 34.5 Å². The Hall–Kier alpha value is -4.70. The average molecular weight is 576 g/mol. The number of ether oxygens (including phenoxy) is 1. The lowest BCUT2D eigenvalue weighted by Gasteiger charge is -2.24. The third-order valence-electron chi connectivity index (χ3n) is 6.22. The fraction of sp³-hybridized carbons (Fsp3) is 0.161. The predicted octanol–water partition coefficient (Wildman–Crippen LogP) is 5.55. The van der Waals surface area contributed by atoms with Crippen molar-refractivity contribution in [3.8, 4) is 5.75 Å². The van der Waals surface area contributed by atoms with Gasteiger partial charge in [-0.15, -0.1) is 0 Å². The maximum Gasteiger partial charge on any atom is 0.264 e. The van der Waals surface area contributed by atoms with Crippen molar-refractivity contribution in [3.63, 3.8) is 0 Å². The largest absolute Gasteiger partial charge is 0.494 e. The summed E-state index contributed by atoms with van der Waals surface area (Å²) in [4.78, 5) is 26.2. The molecular weight excluding hydrogens is 545 g/mol. The molecule has 0 heterocycles. The van der Waals surface area contributed by atoms with E-state index in [-0.39, 0.29) is 27.9 Å². The molecule has 1 atom stereocenters. The highest BCUT2D eigenvalue weighted by atomic mass is 32.2. The Kier molecular flexibility index (Phi) is 9.36. The zero-order valence-corrected chi connectivity index (χ0v) is 23.4. The molecular formula is C31H30FN3O5S. The molecule has 0 aliphatic rings. The zero-order chi connectivity index (χ0) is 29.4. The van der Waals surface area contributed by atoms with Crippen LogP contribution < -0.4 is 19.7 Å². The maximum atomic E-state index is 13.6. The molecule has 41 heavy (non-hydrogen) atoms. The molecule has 4 aromatic carbocycles. The Labute approximate surface area is 238 Å². The standard InChI is InChI=1S/C31H30FN3O5S/c1-3-40-26-17-15-25(16-18-26)35(41(38,39)27-19-13-24(32)14-20-27)21-30(36)34-29-12-8-7-11-28(29)31(37)33-22(2)23-9-5-4-6-10-23/h4-20,22H,3,21H2,1-2H3,(H,33,37)(H,34,36)/t22-/m1/s1. The Morgan fingerprint density at radius 3 is 2.17 bits per heavy atom. The van der Waals surface area contributed by atoms with Gasteiger partial charge in [-0.3, -0.25) is 13.9 Å². The highest BCUT2D eigenvalue weighted by Crippen LogP contribution is 2.27. The highest BCUT2D eigenvalue weighted by molar-refractivity contribution is 7.92. The van der Waals surface area contributed by atoms with Crippen LogP contribution in [0, 0.1) is 5.82 Å². The lowest BCUT2D eigenvalue weighted by molar-refractivity contribution is -0.114. The normalized spacial score (nSPS) is 11.8. The van der Waals surface area contributed by atoms with Gasteiger partial charge in [0.25, 0.3) is 15.9 Å². The van der Waals surface area contributed by atoms with E-state index in [4.69, 9.17) is 4.74 Å². The van der Waals surface area contributed by atoms with Crippen LogP contribution in [0.15, 0.2) is 108 Å². The summed E-state index contributed by atoms with van der Waals surface area (Å²) < 4.78 is 47.1. The zero-order valence-electron chi connectivity index (χ0n) is 22.6. The van der Waals surface area contributed by atoms with E-state index in [0.717, 1.165) is 34.1 Å². The predicted molar refractivity (Wildman–Crippen MR) is 156 cm³/mol. The molecule has 0 spiro atoms. The molecule has 10 heteroatoms. The van der Waals surface area contributed by atoms with Gasteiger partial charge in [0, 0.05) is 0 Å². The highest BCUT2D eigenvalue weighted by Gasteiger charge is 2.28. The van der Waals surface area contributed by atoms with Gasteiger partial charge in [0.1, 0.15) is 18.1 Å². The van der Waals surface area contributed by atoms with Crippen LogP contribution in [0.1, 0.15) is 35.8 Å². The van der Waals surface area contributed by atoms with Crippen LogP contribution in [-0.4, -0.2) is 33.4 Å². The van der Waals surface area contributed by atoms with Crippen LogP contribution in [-0.2, 0) is 14.8 Å². The van der Waals surface area contributed by atoms with Crippen molar-refractivity contribution in [2.24, 2.45) is 0 Å². The molecule has 0 aliphatic heterocycles. The van der Waals surface area contributed by atoms with E-state index in [1.807, 2.05) is 44.2 Å². The molecule has 0 fully saturated rings. The van der Waals surface area contributed by atoms with E-state index in [0.29, 0.717) is 12.4 Å². The van der Waals surface area contributed by atoms with Crippen LogP contribution in [0.25, 0.3) is 0 Å². The second kappa shape index (κ2) is 13.1. The van der Waals surface area contributed by atoms with E-state index in [2.05, 4.69) is 10.6 Å². The molecule has 0 radical (unpaired) electrons. The van der Waals surface area contributed by atoms with Crippen LogP contribution in [0.3, 0.4) is 0 Å². The Morgan fingerprint density at radius 2 is 1.51 bits per heavy atom. The molecule has 0 unspecified atom stereocenters. The molecule has 2 amide bonds. The number of hydrogen-bond donors (Lipinski definition) is 2. The minimum absolute atomic E-state index is 0.185. The van der Waals surface area contributed by atoms with Crippen LogP contribution >= 0.6 is 0 Å². The van der Waals surface area contributed by atoms with Gasteiger partial charge in [-0.2, -0.15) is 0 Å². The smallest absolute Gasteiger partial charge is 0.264 e. The van der Waals surface area contributed by atoms with Gasteiger partial charge in [0.2, 0.25) is 5.91 Å². The number of carbonyl (C=O) groups is 2. The van der Waals surface area contributed by atoms with Crippen LogP contribution in [0.5, 0.6) is 5.75 Å². The number of rotatable bonds is 11. The lowest BCUT2D eigenvalue weighted by Crippen LogP contribution is -2.38. The maximum absolute atomic E-state index is 13.6. The second-order valence-electron chi connectivity index (χ2n) is 9.09. The third-order valence-corrected chi connectivity index (χ3v) is 8.01. The first kappa shape index (κ1) is 29.3. The van der Waals surface area contributed by atoms with E-state index in [1.54, 1.807) is 36.4 Å². The third kappa shape index (κ3) is 7.29. The summed E-state index contributed by atoms with van der Waals surface area (Å²) in [6, 6.07) is 26.2. The van der Waals surface area contributed by atoms with Gasteiger partial charge >= 0.3 is 0 Å². The number of para-hydroxylation sites is 1. The quantitative estimate of drug-likeness (QED) is 0.244. The van der Waals surface area contributed by atoms with Crippen molar-refractivity contribution >= 4 is 33.2 Å². The number of carbonyl (C=O) groups excluding carboxylic acids is 2. The van der Waals surface area contributed by atoms with Crippen LogP contribution in [0.2, 0.25) is 0 Å². The lowest BCUT2D eigenvalue weighted by atomic mass is 10.1. The van der Waals surface area contributed by atoms with Crippen LogP contribution in [0.4, 0.5) is 15.8 Å². The molecule has 0 saturated carbocycles. The summed E-state index contributed by atoms with van der Waals surface area (Å²) >= 11 is 0. The fourth-order valence-electron chi connectivity index (χ4n) is 4.13. The Balaban J connectivity index is 1.58. The monoisotopic (exact) mass is 575 g/mol. The average Bonchev–Trinajstić information content (AvgIpc) is 2.97. The molecule has 0 bridgehead atoms. The number of nitrogens with zero attached hydrogens (tertiary/aromatic N) is 1. The Bertz CT molecular complexity index is 1600. The van der Waals surface area contributed by atoms with Gasteiger partial charge in [-0.05, 0) is 80.1 Å². The van der Waals surface area contributed by atoms with E-state index in [9.17, 15) is 22.4 Å². The summed E-state index contributed by atoms with van der Waals surface area (Å²) in [6.45, 7) is 3.49. The second-order valence-corrected chi connectivity index (χ2v) is 11.0. The van der Waals surface area contributed by atoms with Crippen molar-refractivity contribution in [2.75, 3.05) is 22.8 Å². The van der Waals surface area contributed by atoms with Crippen molar-refractivity contribution in [3.05, 3.63) is 120 Å². The molecule has 4 aromatic rings. The molecule has 0 aliphatic carbocycles. The van der Waals surface area contributed by atoms with E-state index < -0.39 is 34.2 Å². The van der Waals surface area contributed by atoms with E-state index >= 15 is 0 Å². The van der Waals surface area contributed by atoms with Crippen molar-refractivity contribution in [2.45, 2.75) is 24.8 Å². The first-order valence-electron chi connectivity index (χ1n) is 12.9. The number of anilines is 2. The Morgan fingerprint density at radius 1 is 0.878 bits per heavy atom. The molecule has 212 valence electrons. The minimum atomic E-state index is -4.27. The fourth-order valence-corrected chi connectivity index (χ4v) is 5.55. The number of sulfonamides is 1. The molecule has 4 rings (SSSR count). The van der Waals surface area contributed by atoms with Gasteiger partial charge < -0.3 is 15.4 Å². The first-order chi connectivity index (χ1) is 19.7. The minimum Gasteiger partial charge on any atom is -0.494 e. The number of nitrogens with one attached hydrogen (secondary N) is 2. The number of hydrogen-bond acceptors (Lipinski definition) is 5. The summed E-state index contributed by atoms with van der Waals surface area (Å²) in [6.07, 6.45) is 0. The molecule has 0 saturated heterocycles. The number of amides is 2. The number of benzene rings is 4. The van der Waals surface area contributed by atoms with Crippen molar-refractivity contribution in [1.82, 2.24) is 5.32 Å². The van der Waals surface area contributed by atoms with Gasteiger partial charge in [0.15, 0.2) is 0 Å². The summed E-state index contributed by atoms with van der Waals surface area (Å²) in [5.41, 5.74) is 1.56. The topological polar surface area (TPSA) is 105 Å². The van der Waals surface area contributed by atoms with Crippen molar-refractivity contribution in [1.29, 1.82) is 0 Å². The summed E-state index contributed by atoms with van der Waals surface area (Å²) in [7, 11) is -4.27. The van der Waals surface area contributed by atoms with Gasteiger partial charge in [-0.1, -0.05) is 42.5 Å². The summed E-state index contributed by atoms with van der Waals surface area (Å²) in [5.74, 6) is -1.14. The molecule has 0 aromatic heterocycles. The first-order valence-corrected chi connectivity index (χ1v) is 14.4. The van der Waals surface area contributed by atoms with Crippen molar-refractivity contribution < 1.29 is 27.1 Å². The molecule has 8 nitrogen and oxygen atoms in total. The SMILES string of the molecule is CCOc1ccc(N(CC(=O)Nc2ccccc2C(=O)N[C@H](C)c2ccccc2)S(=O)(=O)c2ccc(F)cc2)cc1. The number of halogens is 1. The summed E-state index contributed by atoms with van der Waals surface area (Å²) in [5, 5.41) is 5.60. The van der Waals surface area contributed by atoms with Gasteiger partial charge in [-0.25, -0.2) is 12.8 Å².